The molecule has 206 valence electrons. The summed E-state index contributed by atoms with van der Waals surface area (Å²) in [4.78, 5) is 0. The Hall–Kier alpha value is -2.46. The second kappa shape index (κ2) is 18.7. The molecule has 0 saturated carbocycles. The predicted octanol–water partition coefficient (Wildman–Crippen LogP) is 9.99. The van der Waals surface area contributed by atoms with Gasteiger partial charge in [0.25, 0.3) is 5.97 Å². The topological polar surface area (TPSA) is 27.7 Å². The van der Waals surface area contributed by atoms with Crippen LogP contribution in [0.2, 0.25) is 0 Å². The standard InChI is InChI=1S/C35H48O3/c1-2-3-4-5-6-7-8-9-10-11-21-28-35(36-29-32-22-15-12-16-23-32,37-30-33-24-17-13-18-25-33)38-31-34-26-19-14-20-27-34/h12-20,22-27H,2-11,21,28-31H2,1H3. The number of unbranched alkanes of at least 4 members (excludes halogenated alkanes) is 10. The summed E-state index contributed by atoms with van der Waals surface area (Å²) in [5.41, 5.74) is 3.34. The lowest BCUT2D eigenvalue weighted by Crippen LogP contribution is -2.39. The summed E-state index contributed by atoms with van der Waals surface area (Å²) in [6.45, 7) is 3.62. The third kappa shape index (κ3) is 12.4. The van der Waals surface area contributed by atoms with Gasteiger partial charge in [-0.1, -0.05) is 162 Å². The Kier molecular flexibility index (Phi) is 14.8. The Morgan fingerprint density at radius 1 is 0.421 bits per heavy atom. The number of ether oxygens (including phenoxy) is 3. The van der Waals surface area contributed by atoms with Crippen LogP contribution in [0.4, 0.5) is 0 Å². The number of benzene rings is 3. The highest BCUT2D eigenvalue weighted by molar-refractivity contribution is 5.15. The highest BCUT2D eigenvalue weighted by Crippen LogP contribution is 2.28. The summed E-state index contributed by atoms with van der Waals surface area (Å²) in [5.74, 6) is -1.10. The largest absolute Gasteiger partial charge is 0.323 e. The average molecular weight is 517 g/mol. The van der Waals surface area contributed by atoms with Gasteiger partial charge in [-0.2, -0.15) is 0 Å². The van der Waals surface area contributed by atoms with Crippen LogP contribution in [0.25, 0.3) is 0 Å². The van der Waals surface area contributed by atoms with Crippen molar-refractivity contribution in [2.45, 2.75) is 110 Å². The second-order valence-corrected chi connectivity index (χ2v) is 10.3. The fourth-order valence-electron chi connectivity index (χ4n) is 4.65. The monoisotopic (exact) mass is 516 g/mol. The first-order chi connectivity index (χ1) is 18.8. The fraction of sp³-hybridized carbons (Fsp3) is 0.486. The Morgan fingerprint density at radius 3 is 1.08 bits per heavy atom. The zero-order valence-corrected chi connectivity index (χ0v) is 23.5. The molecule has 0 aliphatic rings. The minimum absolute atomic E-state index is 0.447. The summed E-state index contributed by atoms with van der Waals surface area (Å²) in [7, 11) is 0. The summed E-state index contributed by atoms with van der Waals surface area (Å²) < 4.78 is 19.5. The quantitative estimate of drug-likeness (QED) is 0.104. The van der Waals surface area contributed by atoms with Crippen molar-refractivity contribution >= 4 is 0 Å². The molecule has 0 aliphatic carbocycles. The van der Waals surface area contributed by atoms with Gasteiger partial charge in [0.15, 0.2) is 0 Å². The summed E-state index contributed by atoms with van der Waals surface area (Å²) >= 11 is 0. The smallest absolute Gasteiger partial charge is 0.283 e. The lowest BCUT2D eigenvalue weighted by molar-refractivity contribution is -0.397. The molecule has 0 spiro atoms. The number of rotatable bonds is 21. The van der Waals surface area contributed by atoms with Crippen molar-refractivity contribution in [3.63, 3.8) is 0 Å². The normalized spacial score (nSPS) is 11.6. The van der Waals surface area contributed by atoms with Crippen LogP contribution < -0.4 is 0 Å². The predicted molar refractivity (Wildman–Crippen MR) is 158 cm³/mol. The summed E-state index contributed by atoms with van der Waals surface area (Å²) in [6.07, 6.45) is 15.0. The number of hydrogen-bond acceptors (Lipinski definition) is 3. The highest BCUT2D eigenvalue weighted by Gasteiger charge is 2.33. The van der Waals surface area contributed by atoms with Crippen LogP contribution in [0.3, 0.4) is 0 Å². The molecular weight excluding hydrogens is 468 g/mol. The van der Waals surface area contributed by atoms with E-state index in [2.05, 4.69) is 43.3 Å². The highest BCUT2D eigenvalue weighted by atomic mass is 16.9. The van der Waals surface area contributed by atoms with E-state index in [1.807, 2.05) is 54.6 Å². The van der Waals surface area contributed by atoms with Crippen molar-refractivity contribution < 1.29 is 14.2 Å². The molecule has 0 radical (unpaired) electrons. The average Bonchev–Trinajstić information content (AvgIpc) is 2.98. The van der Waals surface area contributed by atoms with Gasteiger partial charge < -0.3 is 14.2 Å². The zero-order chi connectivity index (χ0) is 26.6. The van der Waals surface area contributed by atoms with Crippen LogP contribution in [-0.2, 0) is 34.0 Å². The molecule has 0 aliphatic heterocycles. The third-order valence-electron chi connectivity index (χ3n) is 6.99. The van der Waals surface area contributed by atoms with Gasteiger partial charge in [-0.25, -0.2) is 0 Å². The lowest BCUT2D eigenvalue weighted by Gasteiger charge is -2.34. The van der Waals surface area contributed by atoms with Crippen LogP contribution in [-0.4, -0.2) is 5.97 Å². The van der Waals surface area contributed by atoms with Gasteiger partial charge in [-0.15, -0.1) is 0 Å². The Labute approximate surface area is 231 Å². The molecule has 3 nitrogen and oxygen atoms in total. The first-order valence-electron chi connectivity index (χ1n) is 14.8. The molecular formula is C35H48O3. The van der Waals surface area contributed by atoms with Crippen LogP contribution in [0, 0.1) is 0 Å². The summed E-state index contributed by atoms with van der Waals surface area (Å²) in [5, 5.41) is 0. The van der Waals surface area contributed by atoms with E-state index in [0.29, 0.717) is 26.2 Å². The Bertz CT molecular complexity index is 837. The van der Waals surface area contributed by atoms with Crippen molar-refractivity contribution in [1.82, 2.24) is 0 Å². The van der Waals surface area contributed by atoms with Crippen LogP contribution in [0.5, 0.6) is 0 Å². The van der Waals surface area contributed by atoms with Crippen molar-refractivity contribution in [3.05, 3.63) is 108 Å². The van der Waals surface area contributed by atoms with Gasteiger partial charge in [0.2, 0.25) is 0 Å². The van der Waals surface area contributed by atoms with Gasteiger partial charge in [0, 0.05) is 6.42 Å². The molecule has 0 amide bonds. The fourth-order valence-corrected chi connectivity index (χ4v) is 4.65. The molecule has 0 heterocycles. The zero-order valence-electron chi connectivity index (χ0n) is 23.5. The van der Waals surface area contributed by atoms with Gasteiger partial charge >= 0.3 is 0 Å². The lowest BCUT2D eigenvalue weighted by atomic mass is 10.0. The van der Waals surface area contributed by atoms with Gasteiger partial charge in [0.05, 0.1) is 19.8 Å². The molecule has 3 rings (SSSR count). The van der Waals surface area contributed by atoms with E-state index in [4.69, 9.17) is 14.2 Å². The first kappa shape index (κ1) is 30.1. The molecule has 0 aromatic heterocycles. The van der Waals surface area contributed by atoms with Crippen LogP contribution in [0.15, 0.2) is 91.0 Å². The second-order valence-electron chi connectivity index (χ2n) is 10.3. The molecule has 0 N–H and O–H groups in total. The summed E-state index contributed by atoms with van der Waals surface area (Å²) in [6, 6.07) is 30.8. The molecule has 3 aromatic rings. The molecule has 3 heteroatoms. The van der Waals surface area contributed by atoms with Crippen molar-refractivity contribution in [3.8, 4) is 0 Å². The van der Waals surface area contributed by atoms with Crippen molar-refractivity contribution in [2.24, 2.45) is 0 Å². The van der Waals surface area contributed by atoms with E-state index in [1.165, 1.54) is 57.8 Å². The third-order valence-corrected chi connectivity index (χ3v) is 6.99. The van der Waals surface area contributed by atoms with Crippen LogP contribution >= 0.6 is 0 Å². The van der Waals surface area contributed by atoms with Crippen molar-refractivity contribution in [2.75, 3.05) is 0 Å². The first-order valence-corrected chi connectivity index (χ1v) is 14.8. The SMILES string of the molecule is CCCCCCCCCCCCCC(OCc1ccccc1)(OCc1ccccc1)OCc1ccccc1. The van der Waals surface area contributed by atoms with Crippen molar-refractivity contribution in [1.29, 1.82) is 0 Å². The molecule has 0 bridgehead atoms. The van der Waals surface area contributed by atoms with Gasteiger partial charge in [-0.3, -0.25) is 0 Å². The molecule has 0 atom stereocenters. The van der Waals surface area contributed by atoms with E-state index in [9.17, 15) is 0 Å². The van der Waals surface area contributed by atoms with E-state index in [1.54, 1.807) is 0 Å². The Morgan fingerprint density at radius 2 is 0.737 bits per heavy atom. The van der Waals surface area contributed by atoms with Gasteiger partial charge in [0.1, 0.15) is 0 Å². The maximum atomic E-state index is 6.51. The minimum Gasteiger partial charge on any atom is -0.323 e. The molecule has 38 heavy (non-hydrogen) atoms. The van der Waals surface area contributed by atoms with Crippen LogP contribution in [0.1, 0.15) is 101 Å². The maximum Gasteiger partial charge on any atom is 0.283 e. The molecule has 0 saturated heterocycles. The Balaban J connectivity index is 1.57. The van der Waals surface area contributed by atoms with E-state index < -0.39 is 5.97 Å². The van der Waals surface area contributed by atoms with E-state index in [0.717, 1.165) is 29.5 Å². The molecule has 3 aromatic carbocycles. The molecule has 0 fully saturated rings. The van der Waals surface area contributed by atoms with Gasteiger partial charge in [-0.05, 0) is 23.1 Å². The van der Waals surface area contributed by atoms with E-state index >= 15 is 0 Å². The number of hydrogen-bond donors (Lipinski definition) is 0. The minimum atomic E-state index is -1.10. The molecule has 0 unspecified atom stereocenters. The van der Waals surface area contributed by atoms with E-state index in [-0.39, 0.29) is 0 Å². The maximum absolute atomic E-state index is 6.51.